The summed E-state index contributed by atoms with van der Waals surface area (Å²) in [7, 11) is 0. The third-order valence-electron chi connectivity index (χ3n) is 3.03. The lowest BCUT2D eigenvalue weighted by molar-refractivity contribution is 0.401. The molecule has 1 saturated carbocycles. The summed E-state index contributed by atoms with van der Waals surface area (Å²) in [6.45, 7) is 0. The van der Waals surface area contributed by atoms with E-state index in [1.807, 2.05) is 11.8 Å². The van der Waals surface area contributed by atoms with Crippen molar-refractivity contribution in [2.24, 2.45) is 5.92 Å². The molecule has 0 aromatic heterocycles. The van der Waals surface area contributed by atoms with Crippen molar-refractivity contribution in [3.63, 3.8) is 0 Å². The van der Waals surface area contributed by atoms with Crippen molar-refractivity contribution >= 4 is 35.0 Å². The molecule has 1 aliphatic carbocycles. The molecule has 0 amide bonds. The average Bonchev–Trinajstić information content (AvgIpc) is 2.32. The van der Waals surface area contributed by atoms with E-state index < -0.39 is 0 Å². The van der Waals surface area contributed by atoms with Crippen LogP contribution in [0.4, 0.5) is 0 Å². The van der Waals surface area contributed by atoms with E-state index in [2.05, 4.69) is 30.3 Å². The molecule has 88 valence electrons. The number of hydrogen-bond donors (Lipinski definition) is 0. The molecule has 2 rings (SSSR count). The summed E-state index contributed by atoms with van der Waals surface area (Å²) in [4.78, 5) is 1.35. The minimum Gasteiger partial charge on any atom is -0.126 e. The second kappa shape index (κ2) is 6.18. The Bertz CT molecular complexity index is 315. The summed E-state index contributed by atoms with van der Waals surface area (Å²) in [5.41, 5.74) is 0. The summed E-state index contributed by atoms with van der Waals surface area (Å²) >= 11 is 14.2. The van der Waals surface area contributed by atoms with E-state index in [-0.39, 0.29) is 10.8 Å². The van der Waals surface area contributed by atoms with Gasteiger partial charge >= 0.3 is 0 Å². The molecule has 0 heterocycles. The SMILES string of the molecule is ClC1CCC(CSc2ccccc2)CC1Cl. The lowest BCUT2D eigenvalue weighted by Crippen LogP contribution is -2.26. The van der Waals surface area contributed by atoms with Gasteiger partial charge in [0.05, 0.1) is 5.38 Å². The second-order valence-electron chi connectivity index (χ2n) is 4.34. The molecule has 3 heteroatoms. The number of benzene rings is 1. The van der Waals surface area contributed by atoms with Gasteiger partial charge in [-0.3, -0.25) is 0 Å². The van der Waals surface area contributed by atoms with Gasteiger partial charge in [0, 0.05) is 16.0 Å². The van der Waals surface area contributed by atoms with Gasteiger partial charge < -0.3 is 0 Å². The Hall–Kier alpha value is 0.150. The molecule has 0 bridgehead atoms. The van der Waals surface area contributed by atoms with Gasteiger partial charge in [-0.2, -0.15) is 0 Å². The van der Waals surface area contributed by atoms with Gasteiger partial charge in [0.25, 0.3) is 0 Å². The van der Waals surface area contributed by atoms with Gasteiger partial charge in [-0.25, -0.2) is 0 Å². The Morgan fingerprint density at radius 3 is 2.50 bits per heavy atom. The summed E-state index contributed by atoms with van der Waals surface area (Å²) < 4.78 is 0. The first-order chi connectivity index (χ1) is 7.75. The van der Waals surface area contributed by atoms with E-state index in [0.717, 1.165) is 24.5 Å². The topological polar surface area (TPSA) is 0 Å². The van der Waals surface area contributed by atoms with Crippen molar-refractivity contribution in [1.82, 2.24) is 0 Å². The molecule has 0 N–H and O–H groups in total. The lowest BCUT2D eigenvalue weighted by Gasteiger charge is -2.28. The third-order valence-corrected chi connectivity index (χ3v) is 5.41. The van der Waals surface area contributed by atoms with Crippen molar-refractivity contribution in [2.45, 2.75) is 34.9 Å². The number of rotatable bonds is 3. The smallest absolute Gasteiger partial charge is 0.0502 e. The maximum atomic E-state index is 6.20. The molecule has 0 nitrogen and oxygen atoms in total. The van der Waals surface area contributed by atoms with Crippen molar-refractivity contribution in [3.8, 4) is 0 Å². The highest BCUT2D eigenvalue weighted by Gasteiger charge is 2.27. The van der Waals surface area contributed by atoms with E-state index in [9.17, 15) is 0 Å². The fourth-order valence-electron chi connectivity index (χ4n) is 2.04. The maximum Gasteiger partial charge on any atom is 0.0502 e. The number of thioether (sulfide) groups is 1. The van der Waals surface area contributed by atoms with Crippen molar-refractivity contribution < 1.29 is 0 Å². The standard InChI is InChI=1S/C13H16Cl2S/c14-12-7-6-10(8-13(12)15)9-16-11-4-2-1-3-5-11/h1-5,10,12-13H,6-9H2. The molecule has 0 saturated heterocycles. The largest absolute Gasteiger partial charge is 0.126 e. The van der Waals surface area contributed by atoms with E-state index in [0.29, 0.717) is 0 Å². The Morgan fingerprint density at radius 1 is 1.06 bits per heavy atom. The molecule has 0 aliphatic heterocycles. The molecule has 16 heavy (non-hydrogen) atoms. The first-order valence-corrected chi connectivity index (χ1v) is 7.57. The van der Waals surface area contributed by atoms with Gasteiger partial charge in [-0.15, -0.1) is 35.0 Å². The fraction of sp³-hybridized carbons (Fsp3) is 0.538. The molecule has 1 fully saturated rings. The van der Waals surface area contributed by atoms with Crippen LogP contribution in [0.15, 0.2) is 35.2 Å². The molecular formula is C13H16Cl2S. The number of alkyl halides is 2. The minimum atomic E-state index is 0.164. The molecule has 3 atom stereocenters. The predicted molar refractivity (Wildman–Crippen MR) is 73.8 cm³/mol. The van der Waals surface area contributed by atoms with Crippen LogP contribution in [0.1, 0.15) is 19.3 Å². The quantitative estimate of drug-likeness (QED) is 0.564. The molecule has 1 aromatic rings. The molecule has 0 spiro atoms. The van der Waals surface area contributed by atoms with Gasteiger partial charge in [0.15, 0.2) is 0 Å². The number of hydrogen-bond acceptors (Lipinski definition) is 1. The van der Waals surface area contributed by atoms with Crippen LogP contribution in [0, 0.1) is 5.92 Å². The maximum absolute atomic E-state index is 6.20. The Morgan fingerprint density at radius 2 is 1.81 bits per heavy atom. The van der Waals surface area contributed by atoms with Crippen LogP contribution in [0.3, 0.4) is 0 Å². The first kappa shape index (κ1) is 12.6. The summed E-state index contributed by atoms with van der Waals surface area (Å²) in [5.74, 6) is 1.89. The molecular weight excluding hydrogens is 259 g/mol. The normalized spacial score (nSPS) is 30.2. The highest BCUT2D eigenvalue weighted by Crippen LogP contribution is 2.34. The first-order valence-electron chi connectivity index (χ1n) is 5.71. The highest BCUT2D eigenvalue weighted by molar-refractivity contribution is 7.99. The van der Waals surface area contributed by atoms with Gasteiger partial charge in [-0.05, 0) is 37.3 Å². The van der Waals surface area contributed by atoms with Crippen LogP contribution < -0.4 is 0 Å². The van der Waals surface area contributed by atoms with E-state index in [1.54, 1.807) is 0 Å². The molecule has 1 aromatic carbocycles. The minimum absolute atomic E-state index is 0.164. The summed E-state index contributed by atoms with van der Waals surface area (Å²) in [5, 5.41) is 0.344. The van der Waals surface area contributed by atoms with Crippen LogP contribution in [0.2, 0.25) is 0 Å². The van der Waals surface area contributed by atoms with Crippen molar-refractivity contribution in [1.29, 1.82) is 0 Å². The van der Waals surface area contributed by atoms with E-state index in [1.165, 1.54) is 11.3 Å². The monoisotopic (exact) mass is 274 g/mol. The van der Waals surface area contributed by atoms with Crippen molar-refractivity contribution in [3.05, 3.63) is 30.3 Å². The van der Waals surface area contributed by atoms with E-state index >= 15 is 0 Å². The zero-order valence-electron chi connectivity index (χ0n) is 9.11. The zero-order valence-corrected chi connectivity index (χ0v) is 11.4. The zero-order chi connectivity index (χ0) is 11.4. The fourth-order valence-corrected chi connectivity index (χ4v) is 3.73. The van der Waals surface area contributed by atoms with Crippen molar-refractivity contribution in [2.75, 3.05) is 5.75 Å². The lowest BCUT2D eigenvalue weighted by atomic mass is 9.90. The van der Waals surface area contributed by atoms with Crippen LogP contribution >= 0.6 is 35.0 Å². The molecule has 0 radical (unpaired) electrons. The van der Waals surface area contributed by atoms with Crippen LogP contribution in [0.5, 0.6) is 0 Å². The average molecular weight is 275 g/mol. The number of halogens is 2. The van der Waals surface area contributed by atoms with Crippen LogP contribution in [0.25, 0.3) is 0 Å². The predicted octanol–water partition coefficient (Wildman–Crippen LogP) is 4.79. The Labute approximate surface area is 112 Å². The molecule has 1 aliphatic rings. The second-order valence-corrected chi connectivity index (χ2v) is 6.55. The van der Waals surface area contributed by atoms with Crippen LogP contribution in [-0.2, 0) is 0 Å². The summed E-state index contributed by atoms with van der Waals surface area (Å²) in [6.07, 6.45) is 3.35. The molecule has 3 unspecified atom stereocenters. The van der Waals surface area contributed by atoms with Crippen LogP contribution in [-0.4, -0.2) is 16.5 Å². The Kier molecular flexibility index (Phi) is 4.87. The highest BCUT2D eigenvalue weighted by atomic mass is 35.5. The van der Waals surface area contributed by atoms with Gasteiger partial charge in [-0.1, -0.05) is 18.2 Å². The Balaban J connectivity index is 1.79. The third kappa shape index (κ3) is 3.58. The van der Waals surface area contributed by atoms with Gasteiger partial charge in [0.1, 0.15) is 0 Å². The summed E-state index contributed by atoms with van der Waals surface area (Å²) in [6, 6.07) is 10.5. The van der Waals surface area contributed by atoms with E-state index in [4.69, 9.17) is 23.2 Å². The van der Waals surface area contributed by atoms with Gasteiger partial charge in [0.2, 0.25) is 0 Å².